The number of hydrogen-bond donors (Lipinski definition) is 0. The molecule has 0 aliphatic heterocycles. The second-order valence-electron chi connectivity index (χ2n) is 8.22. The molecule has 0 saturated carbocycles. The Kier molecular flexibility index (Phi) is 7.88. The SMILES string of the molecule is CC(C)P(c1ccccc1-c1ccccc1P(C(C)C)C(C)C)C(C)C. The summed E-state index contributed by atoms with van der Waals surface area (Å²) < 4.78 is 0. The van der Waals surface area contributed by atoms with Gasteiger partial charge >= 0.3 is 0 Å². The largest absolute Gasteiger partial charge is 0.0694 e. The predicted octanol–water partition coefficient (Wildman–Crippen LogP) is 7.20. The van der Waals surface area contributed by atoms with Gasteiger partial charge < -0.3 is 0 Å². The van der Waals surface area contributed by atoms with Gasteiger partial charge in [-0.15, -0.1) is 0 Å². The number of hydrogen-bond acceptors (Lipinski definition) is 0. The van der Waals surface area contributed by atoms with E-state index in [4.69, 9.17) is 0 Å². The van der Waals surface area contributed by atoms with Crippen molar-refractivity contribution >= 4 is 26.5 Å². The Bertz CT molecular complexity index is 623. The molecule has 0 unspecified atom stereocenters. The molecular formula is C24H36P2. The fourth-order valence-corrected chi connectivity index (χ4v) is 10.2. The highest BCUT2D eigenvalue weighted by Crippen LogP contribution is 2.50. The maximum atomic E-state index is 2.39. The van der Waals surface area contributed by atoms with Crippen LogP contribution in [-0.4, -0.2) is 22.6 Å². The van der Waals surface area contributed by atoms with Crippen molar-refractivity contribution in [3.05, 3.63) is 48.5 Å². The summed E-state index contributed by atoms with van der Waals surface area (Å²) >= 11 is 0. The van der Waals surface area contributed by atoms with E-state index in [0.29, 0.717) is 22.6 Å². The molecule has 0 fully saturated rings. The smallest absolute Gasteiger partial charge is 0.0100 e. The number of rotatable bonds is 7. The van der Waals surface area contributed by atoms with Crippen molar-refractivity contribution < 1.29 is 0 Å². The second kappa shape index (κ2) is 9.48. The molecule has 2 heteroatoms. The molecule has 0 radical (unpaired) electrons. The predicted molar refractivity (Wildman–Crippen MR) is 126 cm³/mol. The average Bonchev–Trinajstić information content (AvgIpc) is 2.55. The zero-order valence-electron chi connectivity index (χ0n) is 17.8. The summed E-state index contributed by atoms with van der Waals surface area (Å²) in [4.78, 5) is 0. The van der Waals surface area contributed by atoms with Crippen LogP contribution in [0.1, 0.15) is 55.4 Å². The summed E-state index contributed by atoms with van der Waals surface area (Å²) in [6.45, 7) is 19.1. The quantitative estimate of drug-likeness (QED) is 0.441. The molecular weight excluding hydrogens is 350 g/mol. The summed E-state index contributed by atoms with van der Waals surface area (Å²) in [6.07, 6.45) is 0. The zero-order chi connectivity index (χ0) is 19.4. The third-order valence-corrected chi connectivity index (χ3v) is 11.2. The second-order valence-corrected chi connectivity index (χ2v) is 14.9. The molecule has 0 heterocycles. The minimum atomic E-state index is -0.173. The minimum Gasteiger partial charge on any atom is -0.0694 e. The van der Waals surface area contributed by atoms with Crippen molar-refractivity contribution in [2.75, 3.05) is 0 Å². The van der Waals surface area contributed by atoms with Crippen molar-refractivity contribution in [1.29, 1.82) is 0 Å². The Morgan fingerprint density at radius 1 is 0.462 bits per heavy atom. The molecule has 26 heavy (non-hydrogen) atoms. The van der Waals surface area contributed by atoms with Gasteiger partial charge in [-0.25, -0.2) is 0 Å². The lowest BCUT2D eigenvalue weighted by Gasteiger charge is -2.31. The summed E-state index contributed by atoms with van der Waals surface area (Å²) in [5.41, 5.74) is 5.77. The third kappa shape index (κ3) is 4.77. The molecule has 142 valence electrons. The maximum absolute atomic E-state index is 2.39. The van der Waals surface area contributed by atoms with E-state index in [1.807, 2.05) is 0 Å². The minimum absolute atomic E-state index is 0.173. The first-order valence-electron chi connectivity index (χ1n) is 10.0. The highest BCUT2D eigenvalue weighted by Gasteiger charge is 2.26. The van der Waals surface area contributed by atoms with Crippen LogP contribution in [-0.2, 0) is 0 Å². The van der Waals surface area contributed by atoms with E-state index in [2.05, 4.69) is 104 Å². The lowest BCUT2D eigenvalue weighted by Crippen LogP contribution is -2.21. The van der Waals surface area contributed by atoms with Crippen LogP contribution in [0.15, 0.2) is 48.5 Å². The lowest BCUT2D eigenvalue weighted by atomic mass is 10.1. The van der Waals surface area contributed by atoms with Gasteiger partial charge in [0, 0.05) is 0 Å². The Hall–Kier alpha value is -0.700. The van der Waals surface area contributed by atoms with Gasteiger partial charge in [0.15, 0.2) is 0 Å². The van der Waals surface area contributed by atoms with E-state index in [1.54, 1.807) is 10.6 Å². The van der Waals surface area contributed by atoms with Crippen LogP contribution in [0.5, 0.6) is 0 Å². The Morgan fingerprint density at radius 2 is 0.731 bits per heavy atom. The van der Waals surface area contributed by atoms with Crippen LogP contribution in [0.2, 0.25) is 0 Å². The fraction of sp³-hybridized carbons (Fsp3) is 0.500. The van der Waals surface area contributed by atoms with Crippen molar-refractivity contribution in [3.63, 3.8) is 0 Å². The van der Waals surface area contributed by atoms with Crippen molar-refractivity contribution in [2.24, 2.45) is 0 Å². The van der Waals surface area contributed by atoms with Gasteiger partial charge in [0.25, 0.3) is 0 Å². The monoisotopic (exact) mass is 386 g/mol. The van der Waals surface area contributed by atoms with E-state index in [9.17, 15) is 0 Å². The van der Waals surface area contributed by atoms with Gasteiger partial charge in [-0.1, -0.05) is 120 Å². The molecule has 0 N–H and O–H groups in total. The summed E-state index contributed by atoms with van der Waals surface area (Å²) in [6, 6.07) is 18.4. The highest BCUT2D eigenvalue weighted by molar-refractivity contribution is 7.68. The molecule has 2 aromatic rings. The van der Waals surface area contributed by atoms with E-state index < -0.39 is 0 Å². The van der Waals surface area contributed by atoms with Crippen LogP contribution >= 0.6 is 15.8 Å². The van der Waals surface area contributed by atoms with E-state index in [0.717, 1.165) is 0 Å². The first-order valence-corrected chi connectivity index (χ1v) is 13.0. The normalized spacial score (nSPS) is 12.4. The third-order valence-electron chi connectivity index (χ3n) is 4.88. The van der Waals surface area contributed by atoms with Crippen molar-refractivity contribution in [1.82, 2.24) is 0 Å². The first-order chi connectivity index (χ1) is 12.3. The topological polar surface area (TPSA) is 0 Å². The summed E-state index contributed by atoms with van der Waals surface area (Å²) in [5, 5.41) is 3.17. The van der Waals surface area contributed by atoms with Crippen LogP contribution in [0, 0.1) is 0 Å². The molecule has 0 atom stereocenters. The molecule has 0 amide bonds. The van der Waals surface area contributed by atoms with E-state index in [1.165, 1.54) is 11.1 Å². The van der Waals surface area contributed by atoms with E-state index in [-0.39, 0.29) is 15.8 Å². The molecule has 0 saturated heterocycles. The lowest BCUT2D eigenvalue weighted by molar-refractivity contribution is 1.02. The maximum Gasteiger partial charge on any atom is -0.0100 e. The summed E-state index contributed by atoms with van der Waals surface area (Å²) in [5.74, 6) is 0. The summed E-state index contributed by atoms with van der Waals surface area (Å²) in [7, 11) is -0.347. The molecule has 0 spiro atoms. The van der Waals surface area contributed by atoms with Crippen LogP contribution in [0.25, 0.3) is 11.1 Å². The molecule has 0 aromatic heterocycles. The van der Waals surface area contributed by atoms with Crippen molar-refractivity contribution in [2.45, 2.75) is 78.0 Å². The molecule has 0 nitrogen and oxygen atoms in total. The van der Waals surface area contributed by atoms with Crippen molar-refractivity contribution in [3.8, 4) is 11.1 Å². The van der Waals surface area contributed by atoms with Crippen LogP contribution in [0.3, 0.4) is 0 Å². The molecule has 0 bridgehead atoms. The van der Waals surface area contributed by atoms with Gasteiger partial charge in [0.1, 0.15) is 0 Å². The average molecular weight is 387 g/mol. The molecule has 0 aliphatic carbocycles. The van der Waals surface area contributed by atoms with Crippen LogP contribution < -0.4 is 10.6 Å². The van der Waals surface area contributed by atoms with Gasteiger partial charge in [0.05, 0.1) is 0 Å². The van der Waals surface area contributed by atoms with Gasteiger partial charge in [0.2, 0.25) is 0 Å². The molecule has 2 rings (SSSR count). The van der Waals surface area contributed by atoms with Gasteiger partial charge in [-0.2, -0.15) is 0 Å². The molecule has 2 aromatic carbocycles. The molecule has 0 aliphatic rings. The fourth-order valence-electron chi connectivity index (χ4n) is 4.16. The van der Waals surface area contributed by atoms with Gasteiger partial charge in [-0.05, 0) is 44.4 Å². The zero-order valence-corrected chi connectivity index (χ0v) is 19.6. The Balaban J connectivity index is 2.68. The first kappa shape index (κ1) is 21.6. The Labute approximate surface area is 164 Å². The van der Waals surface area contributed by atoms with E-state index >= 15 is 0 Å². The standard InChI is InChI=1S/C24H36P2/c1-17(2)25(18(3)4)23-15-11-9-13-21(23)22-14-10-12-16-24(22)26(19(5)6)20(7)8/h9-20H,1-8H3. The Morgan fingerprint density at radius 3 is 1.00 bits per heavy atom. The number of benzene rings is 2. The highest BCUT2D eigenvalue weighted by atomic mass is 31.1. The van der Waals surface area contributed by atoms with Gasteiger partial charge in [-0.3, -0.25) is 0 Å². The van der Waals surface area contributed by atoms with Crippen LogP contribution in [0.4, 0.5) is 0 Å².